The summed E-state index contributed by atoms with van der Waals surface area (Å²) in [6.45, 7) is 2.75. The number of phosphoric acid groups is 1. The van der Waals surface area contributed by atoms with Crippen LogP contribution in [0, 0.1) is 0 Å². The van der Waals surface area contributed by atoms with Crippen molar-refractivity contribution in [2.24, 2.45) is 0 Å². The van der Waals surface area contributed by atoms with E-state index < -0.39 is 94.0 Å². The van der Waals surface area contributed by atoms with Crippen LogP contribution in [0.2, 0.25) is 0 Å². The van der Waals surface area contributed by atoms with Crippen LogP contribution >= 0.6 is 7.82 Å². The van der Waals surface area contributed by atoms with Gasteiger partial charge in [-0.1, -0.05) is 137 Å². The molecule has 1 fully saturated rings. The second-order valence-electron chi connectivity index (χ2n) is 16.1. The highest BCUT2D eigenvalue weighted by atomic mass is 31.2. The monoisotopic (exact) mass is 955 g/mol. The molecule has 9 N–H and O–H groups in total. The summed E-state index contributed by atoms with van der Waals surface area (Å²) in [5.74, 6) is -1.47. The fourth-order valence-electron chi connectivity index (χ4n) is 6.34. The Hall–Kier alpha value is -3.35. The summed E-state index contributed by atoms with van der Waals surface area (Å²) < 4.78 is 33.3. The Morgan fingerprint density at radius 2 is 1.15 bits per heavy atom. The summed E-state index contributed by atoms with van der Waals surface area (Å²) in [4.78, 5) is 35.8. The summed E-state index contributed by atoms with van der Waals surface area (Å²) in [6.07, 6.45) is 25.2. The van der Waals surface area contributed by atoms with Crippen molar-refractivity contribution in [2.45, 2.75) is 184 Å². The Morgan fingerprint density at radius 1 is 0.606 bits per heavy atom. The molecule has 16 nitrogen and oxygen atoms in total. The molecule has 0 heterocycles. The molecule has 11 atom stereocenters. The summed E-state index contributed by atoms with van der Waals surface area (Å²) in [6, 6.07) is 0. The standard InChI is InChI=1S/C49H79O16P/c1-3-5-7-8-9-10-11-12-13-14-15-16-17-18-19-24-28-34-43(54)64-39(37-63-66(60,61)65-49-47(58)45(56)44(55)46(57)48(49)59)36-62-42(53)35-29-33-41(52)40(51)32-27-23-21-20-22-26-31-38(50)30-25-6-4-2/h6,9-10,12-13,15-16,20-23,25-27,31-32,38-41,44-52,55-59H,3-5,7-8,11,14,17-19,24,28-30,33-37H2,1-2H3,(H,60,61)/b10-9-,13-12-,16-15-,22-20+,23-21-,25-6-,31-26+,32-27-/t38-,39-,40+,41+,44?,45-,46+,47-,48-,49?/m1/s1. The highest BCUT2D eigenvalue weighted by Gasteiger charge is 2.51. The van der Waals surface area contributed by atoms with Gasteiger partial charge in [0.25, 0.3) is 0 Å². The Labute approximate surface area is 391 Å². The first kappa shape index (κ1) is 60.7. The van der Waals surface area contributed by atoms with E-state index in [0.717, 1.165) is 51.4 Å². The molecule has 0 aromatic heterocycles. The number of carbonyl (C=O) groups excluding carboxylic acids is 2. The normalized spacial score (nSPS) is 23.6. The third-order valence-electron chi connectivity index (χ3n) is 10.3. The molecule has 0 aromatic carbocycles. The van der Waals surface area contributed by atoms with Gasteiger partial charge in [-0.2, -0.15) is 0 Å². The number of aliphatic hydroxyl groups is 8. The lowest BCUT2D eigenvalue weighted by Gasteiger charge is -2.41. The van der Waals surface area contributed by atoms with E-state index in [1.807, 2.05) is 19.1 Å². The third-order valence-corrected chi connectivity index (χ3v) is 11.2. The average Bonchev–Trinajstić information content (AvgIpc) is 3.29. The van der Waals surface area contributed by atoms with E-state index in [1.54, 1.807) is 42.5 Å². The number of rotatable bonds is 36. The number of ether oxygens (including phenoxy) is 2. The molecule has 0 amide bonds. The molecule has 0 bridgehead atoms. The fourth-order valence-corrected chi connectivity index (χ4v) is 7.31. The summed E-state index contributed by atoms with van der Waals surface area (Å²) in [5, 5.41) is 80.7. The number of allylic oxidation sites excluding steroid dienone is 13. The van der Waals surface area contributed by atoms with Gasteiger partial charge in [-0.15, -0.1) is 0 Å². The number of phosphoric ester groups is 1. The van der Waals surface area contributed by atoms with Crippen LogP contribution in [-0.2, 0) is 32.7 Å². The van der Waals surface area contributed by atoms with E-state index >= 15 is 0 Å². The largest absolute Gasteiger partial charge is 0.472 e. The van der Waals surface area contributed by atoms with Gasteiger partial charge in [0.1, 0.15) is 43.2 Å². The van der Waals surface area contributed by atoms with Crippen molar-refractivity contribution >= 4 is 19.8 Å². The van der Waals surface area contributed by atoms with Crippen molar-refractivity contribution in [3.05, 3.63) is 97.2 Å². The molecule has 1 saturated carbocycles. The molecule has 1 aliphatic rings. The predicted octanol–water partition coefficient (Wildman–Crippen LogP) is 5.97. The average molecular weight is 955 g/mol. The molecular weight excluding hydrogens is 875 g/mol. The van der Waals surface area contributed by atoms with E-state index in [1.165, 1.54) is 25.3 Å². The molecule has 17 heteroatoms. The zero-order valence-electron chi connectivity index (χ0n) is 38.8. The number of aliphatic hydroxyl groups excluding tert-OH is 8. The predicted molar refractivity (Wildman–Crippen MR) is 253 cm³/mol. The number of hydrogen-bond donors (Lipinski definition) is 9. The van der Waals surface area contributed by atoms with Crippen LogP contribution in [-0.4, -0.2) is 132 Å². The molecule has 0 aromatic rings. The van der Waals surface area contributed by atoms with Gasteiger partial charge in [-0.25, -0.2) is 4.57 Å². The van der Waals surface area contributed by atoms with E-state index in [2.05, 4.69) is 43.4 Å². The van der Waals surface area contributed by atoms with Crippen LogP contribution in [0.25, 0.3) is 0 Å². The highest BCUT2D eigenvalue weighted by Crippen LogP contribution is 2.47. The highest BCUT2D eigenvalue weighted by molar-refractivity contribution is 7.47. The van der Waals surface area contributed by atoms with Gasteiger partial charge < -0.3 is 55.2 Å². The molecule has 3 unspecified atom stereocenters. The Morgan fingerprint density at radius 3 is 1.77 bits per heavy atom. The van der Waals surface area contributed by atoms with E-state index in [4.69, 9.17) is 18.5 Å². The topological polar surface area (TPSA) is 270 Å². The summed E-state index contributed by atoms with van der Waals surface area (Å²) in [5.41, 5.74) is 0. The smallest absolute Gasteiger partial charge is 0.462 e. The van der Waals surface area contributed by atoms with Crippen molar-refractivity contribution in [3.8, 4) is 0 Å². The quantitative estimate of drug-likeness (QED) is 0.0115. The minimum Gasteiger partial charge on any atom is -0.462 e. The second-order valence-corrected chi connectivity index (χ2v) is 17.5. The lowest BCUT2D eigenvalue weighted by Crippen LogP contribution is -2.64. The SMILES string of the molecule is CC/C=C\C[C@@H](O)/C=C/C=C/C=C\C=C/[C@H](O)[C@@H](O)CCCC(=O)OC[C@H](COP(=O)(O)OC1[C@H](O)[C@H](O)C(O)[C@H](O)[C@H]1O)OC(=O)CCCCCC/C=C\C/C=C\C/C=C\CCCCC. The van der Waals surface area contributed by atoms with E-state index in [-0.39, 0.29) is 25.7 Å². The van der Waals surface area contributed by atoms with Crippen molar-refractivity contribution in [3.63, 3.8) is 0 Å². The van der Waals surface area contributed by atoms with Gasteiger partial charge in [-0.05, 0) is 70.6 Å². The van der Waals surface area contributed by atoms with Crippen molar-refractivity contribution < 1.29 is 78.4 Å². The number of esters is 2. The Balaban J connectivity index is 2.63. The van der Waals surface area contributed by atoms with Gasteiger partial charge in [0, 0.05) is 12.8 Å². The molecule has 66 heavy (non-hydrogen) atoms. The van der Waals surface area contributed by atoms with Crippen LogP contribution in [0.3, 0.4) is 0 Å². The zero-order chi connectivity index (χ0) is 49.0. The van der Waals surface area contributed by atoms with Crippen molar-refractivity contribution in [1.29, 1.82) is 0 Å². The van der Waals surface area contributed by atoms with Crippen LogP contribution in [0.4, 0.5) is 0 Å². The van der Waals surface area contributed by atoms with E-state index in [9.17, 15) is 59.9 Å². The Kier molecular flexibility index (Phi) is 34.6. The number of hydrogen-bond acceptors (Lipinski definition) is 15. The zero-order valence-corrected chi connectivity index (χ0v) is 39.7. The molecule has 0 spiro atoms. The van der Waals surface area contributed by atoms with Gasteiger partial charge in [0.15, 0.2) is 6.10 Å². The van der Waals surface area contributed by atoms with Crippen LogP contribution in [0.1, 0.15) is 123 Å². The van der Waals surface area contributed by atoms with E-state index in [0.29, 0.717) is 12.8 Å². The van der Waals surface area contributed by atoms with Crippen LogP contribution < -0.4 is 0 Å². The maximum atomic E-state index is 12.8. The summed E-state index contributed by atoms with van der Waals surface area (Å²) >= 11 is 0. The third kappa shape index (κ3) is 29.4. The first-order valence-electron chi connectivity index (χ1n) is 23.4. The van der Waals surface area contributed by atoms with Gasteiger partial charge in [0.2, 0.25) is 0 Å². The molecule has 1 aliphatic carbocycles. The lowest BCUT2D eigenvalue weighted by atomic mass is 9.85. The van der Waals surface area contributed by atoms with Gasteiger partial charge in [-0.3, -0.25) is 18.6 Å². The minimum absolute atomic E-state index is 0.00902. The first-order valence-corrected chi connectivity index (χ1v) is 24.9. The maximum absolute atomic E-state index is 12.8. The molecule has 0 saturated heterocycles. The fraction of sp³-hybridized carbons (Fsp3) is 0.633. The second kappa shape index (κ2) is 37.6. The van der Waals surface area contributed by atoms with Crippen molar-refractivity contribution in [1.82, 2.24) is 0 Å². The van der Waals surface area contributed by atoms with Crippen LogP contribution in [0.5, 0.6) is 0 Å². The molecule has 0 aliphatic heterocycles. The maximum Gasteiger partial charge on any atom is 0.472 e. The lowest BCUT2D eigenvalue weighted by molar-refractivity contribution is -0.220. The molecular formula is C49H79O16P. The molecule has 0 radical (unpaired) electrons. The Bertz CT molecular complexity index is 1570. The van der Waals surface area contributed by atoms with Crippen molar-refractivity contribution in [2.75, 3.05) is 13.2 Å². The van der Waals surface area contributed by atoms with Crippen LogP contribution in [0.15, 0.2) is 97.2 Å². The molecule has 1 rings (SSSR count). The molecule has 376 valence electrons. The number of carbonyl (C=O) groups is 2. The minimum atomic E-state index is -5.22. The first-order chi connectivity index (χ1) is 31.6. The number of unbranched alkanes of at least 4 members (excludes halogenated alkanes) is 7. The van der Waals surface area contributed by atoms with Gasteiger partial charge in [0.05, 0.1) is 24.9 Å². The summed E-state index contributed by atoms with van der Waals surface area (Å²) in [7, 11) is -5.22. The van der Waals surface area contributed by atoms with Gasteiger partial charge >= 0.3 is 19.8 Å².